The van der Waals surface area contributed by atoms with E-state index in [-0.39, 0.29) is 0 Å². The zero-order valence-electron chi connectivity index (χ0n) is 17.6. The summed E-state index contributed by atoms with van der Waals surface area (Å²) in [6, 6.07) is 12.0. The molecule has 2 aromatic rings. The number of aromatic nitrogens is 1. The average Bonchev–Trinajstić information content (AvgIpc) is 2.80. The van der Waals surface area contributed by atoms with Crippen LogP contribution in [0.25, 0.3) is 0 Å². The Balaban J connectivity index is 1.43. The van der Waals surface area contributed by atoms with Crippen LogP contribution in [0.15, 0.2) is 51.1 Å². The van der Waals surface area contributed by atoms with Gasteiger partial charge in [0.05, 0.1) is 33.0 Å². The van der Waals surface area contributed by atoms with E-state index in [1.54, 1.807) is 0 Å². The number of benzene rings is 1. The fourth-order valence-electron chi connectivity index (χ4n) is 3.54. The van der Waals surface area contributed by atoms with Crippen LogP contribution in [0.5, 0.6) is 5.88 Å². The van der Waals surface area contributed by atoms with Crippen LogP contribution in [0.4, 0.5) is 11.5 Å². The predicted octanol–water partition coefficient (Wildman–Crippen LogP) is 3.68. The smallest absolute Gasteiger partial charge is 0.217 e. The monoisotopic (exact) mass is 489 g/mol. The summed E-state index contributed by atoms with van der Waals surface area (Å²) in [5.41, 5.74) is 2.13. The van der Waals surface area contributed by atoms with Crippen molar-refractivity contribution in [2.24, 2.45) is 10.2 Å². The molecule has 1 aromatic heterocycles. The maximum Gasteiger partial charge on any atom is 0.217 e. The van der Waals surface area contributed by atoms with E-state index >= 15 is 0 Å². The van der Waals surface area contributed by atoms with Gasteiger partial charge in [-0.3, -0.25) is 4.90 Å². The van der Waals surface area contributed by atoms with Crippen LogP contribution in [0, 0.1) is 0 Å². The number of pyridine rings is 1. The number of hydrogen-bond donors (Lipinski definition) is 0. The number of morpholine rings is 2. The first-order chi connectivity index (χ1) is 15.3. The summed E-state index contributed by atoms with van der Waals surface area (Å²) in [7, 11) is 0. The standard InChI is InChI=1S/C22H28BrN5O3/c23-19-3-1-2-18(14-19)17-24-26-21-15-20(28-7-11-30-12-8-28)16-22(25-21)31-13-6-27-4-9-29-10-5-27/h1-3,14-16H,4-13,17H2. The molecule has 4 rings (SSSR count). The zero-order chi connectivity index (χ0) is 21.3. The van der Waals surface area contributed by atoms with E-state index in [0.717, 1.165) is 74.9 Å². The number of anilines is 1. The van der Waals surface area contributed by atoms with Crippen molar-refractivity contribution in [3.05, 3.63) is 46.4 Å². The first kappa shape index (κ1) is 22.1. The number of halogens is 1. The normalized spacial score (nSPS) is 17.9. The largest absolute Gasteiger partial charge is 0.476 e. The maximum absolute atomic E-state index is 6.00. The fourth-order valence-corrected chi connectivity index (χ4v) is 3.98. The van der Waals surface area contributed by atoms with E-state index < -0.39 is 0 Å². The third kappa shape index (κ3) is 6.96. The van der Waals surface area contributed by atoms with Crippen molar-refractivity contribution in [1.82, 2.24) is 9.88 Å². The highest BCUT2D eigenvalue weighted by Crippen LogP contribution is 2.26. The van der Waals surface area contributed by atoms with Gasteiger partial charge in [-0.15, -0.1) is 5.11 Å². The first-order valence-corrected chi connectivity index (χ1v) is 11.5. The highest BCUT2D eigenvalue weighted by molar-refractivity contribution is 9.10. The van der Waals surface area contributed by atoms with E-state index in [1.807, 2.05) is 36.4 Å². The van der Waals surface area contributed by atoms with Crippen molar-refractivity contribution in [3.8, 4) is 5.88 Å². The summed E-state index contributed by atoms with van der Waals surface area (Å²) < 4.78 is 17.9. The topological polar surface area (TPSA) is 71.8 Å². The Morgan fingerprint density at radius 1 is 1.00 bits per heavy atom. The van der Waals surface area contributed by atoms with E-state index in [9.17, 15) is 0 Å². The molecule has 2 aliphatic heterocycles. The lowest BCUT2D eigenvalue weighted by molar-refractivity contribution is 0.0320. The van der Waals surface area contributed by atoms with Gasteiger partial charge >= 0.3 is 0 Å². The van der Waals surface area contributed by atoms with Crippen LogP contribution in [0.2, 0.25) is 0 Å². The number of nitrogens with zero attached hydrogens (tertiary/aromatic N) is 5. The van der Waals surface area contributed by atoms with Crippen molar-refractivity contribution < 1.29 is 14.2 Å². The molecule has 2 aliphatic rings. The number of rotatable bonds is 8. The molecule has 0 N–H and O–H groups in total. The van der Waals surface area contributed by atoms with Gasteiger partial charge in [0.2, 0.25) is 5.88 Å². The number of hydrogen-bond acceptors (Lipinski definition) is 8. The quantitative estimate of drug-likeness (QED) is 0.526. The molecule has 0 aliphatic carbocycles. The maximum atomic E-state index is 6.00. The van der Waals surface area contributed by atoms with Gasteiger partial charge in [0.15, 0.2) is 5.82 Å². The van der Waals surface area contributed by atoms with Crippen molar-refractivity contribution in [1.29, 1.82) is 0 Å². The summed E-state index contributed by atoms with van der Waals surface area (Å²) in [5, 5.41) is 8.73. The van der Waals surface area contributed by atoms with Crippen molar-refractivity contribution >= 4 is 27.4 Å². The van der Waals surface area contributed by atoms with Gasteiger partial charge in [0.25, 0.3) is 0 Å². The third-order valence-corrected chi connectivity index (χ3v) is 5.72. The molecule has 31 heavy (non-hydrogen) atoms. The van der Waals surface area contributed by atoms with Crippen molar-refractivity contribution in [2.75, 3.05) is 70.7 Å². The summed E-state index contributed by atoms with van der Waals surface area (Å²) >= 11 is 3.49. The molecule has 166 valence electrons. The van der Waals surface area contributed by atoms with Crippen LogP contribution in [0.3, 0.4) is 0 Å². The fraction of sp³-hybridized carbons (Fsp3) is 0.500. The first-order valence-electron chi connectivity index (χ1n) is 10.7. The molecule has 0 amide bonds. The van der Waals surface area contributed by atoms with Gasteiger partial charge in [-0.2, -0.15) is 10.1 Å². The molecule has 1 aromatic carbocycles. The molecular formula is C22H28BrN5O3. The van der Waals surface area contributed by atoms with E-state index in [4.69, 9.17) is 14.2 Å². The summed E-state index contributed by atoms with van der Waals surface area (Å²) in [6.07, 6.45) is 0. The Kier molecular flexibility index (Phi) is 8.23. The van der Waals surface area contributed by atoms with Gasteiger partial charge < -0.3 is 19.1 Å². The Bertz CT molecular complexity index is 870. The second-order valence-electron chi connectivity index (χ2n) is 7.45. The summed E-state index contributed by atoms with van der Waals surface area (Å²) in [4.78, 5) is 9.18. The molecule has 2 fully saturated rings. The highest BCUT2D eigenvalue weighted by Gasteiger charge is 2.15. The van der Waals surface area contributed by atoms with Crippen LogP contribution >= 0.6 is 15.9 Å². The molecule has 2 saturated heterocycles. The molecule has 0 bridgehead atoms. The van der Waals surface area contributed by atoms with Gasteiger partial charge in [-0.05, 0) is 17.7 Å². The van der Waals surface area contributed by atoms with Gasteiger partial charge in [0, 0.05) is 55.0 Å². The SMILES string of the molecule is Brc1cccc(CN=Nc2cc(N3CCOCC3)cc(OCCN3CCOCC3)n2)c1. The van der Waals surface area contributed by atoms with E-state index in [0.29, 0.717) is 24.8 Å². The summed E-state index contributed by atoms with van der Waals surface area (Å²) in [5.74, 6) is 1.13. The van der Waals surface area contributed by atoms with Crippen molar-refractivity contribution in [2.45, 2.75) is 6.54 Å². The predicted molar refractivity (Wildman–Crippen MR) is 122 cm³/mol. The van der Waals surface area contributed by atoms with Gasteiger partial charge in [-0.1, -0.05) is 28.1 Å². The van der Waals surface area contributed by atoms with Crippen molar-refractivity contribution in [3.63, 3.8) is 0 Å². The summed E-state index contributed by atoms with van der Waals surface area (Å²) in [6.45, 7) is 8.50. The molecule has 3 heterocycles. The lowest BCUT2D eigenvalue weighted by atomic mass is 10.2. The molecule has 0 spiro atoms. The Morgan fingerprint density at radius 3 is 2.55 bits per heavy atom. The van der Waals surface area contributed by atoms with E-state index in [2.05, 4.69) is 40.9 Å². The number of azo groups is 1. The zero-order valence-corrected chi connectivity index (χ0v) is 19.2. The highest BCUT2D eigenvalue weighted by atomic mass is 79.9. The van der Waals surface area contributed by atoms with Gasteiger partial charge in [0.1, 0.15) is 6.61 Å². The molecule has 0 radical (unpaired) electrons. The lowest BCUT2D eigenvalue weighted by Gasteiger charge is -2.29. The molecule has 9 heteroatoms. The second-order valence-corrected chi connectivity index (χ2v) is 8.37. The molecule has 0 saturated carbocycles. The molecule has 0 unspecified atom stereocenters. The van der Waals surface area contributed by atoms with Crippen LogP contribution in [-0.4, -0.2) is 75.6 Å². The van der Waals surface area contributed by atoms with Crippen LogP contribution in [-0.2, 0) is 16.0 Å². The van der Waals surface area contributed by atoms with Gasteiger partial charge in [-0.25, -0.2) is 0 Å². The van der Waals surface area contributed by atoms with Crippen LogP contribution in [0.1, 0.15) is 5.56 Å². The lowest BCUT2D eigenvalue weighted by Crippen LogP contribution is -2.38. The Morgan fingerprint density at radius 2 is 1.77 bits per heavy atom. The minimum atomic E-state index is 0.496. The minimum absolute atomic E-state index is 0.496. The second kappa shape index (κ2) is 11.5. The average molecular weight is 490 g/mol. The number of ether oxygens (including phenoxy) is 3. The Hall–Kier alpha value is -2.07. The molecule has 0 atom stereocenters. The van der Waals surface area contributed by atoms with Crippen LogP contribution < -0.4 is 9.64 Å². The van der Waals surface area contributed by atoms with E-state index in [1.165, 1.54) is 0 Å². The minimum Gasteiger partial charge on any atom is -0.476 e. The Labute approximate surface area is 191 Å². The third-order valence-electron chi connectivity index (χ3n) is 5.23. The molecular weight excluding hydrogens is 462 g/mol. The molecule has 8 nitrogen and oxygen atoms in total.